The largest absolute Gasteiger partial charge is 0.465 e. The molecule has 0 aromatic heterocycles. The molecule has 1 saturated heterocycles. The molecule has 16 heavy (non-hydrogen) atoms. The summed E-state index contributed by atoms with van der Waals surface area (Å²) >= 11 is 0. The normalized spacial score (nSPS) is 26.0. The minimum atomic E-state index is -3.17. The number of rotatable bonds is 2. The van der Waals surface area contributed by atoms with Gasteiger partial charge in [-0.15, -0.1) is 12.4 Å². The van der Waals surface area contributed by atoms with Crippen LogP contribution in [0.3, 0.4) is 0 Å². The molecular weight excluding hydrogens is 256 g/mol. The van der Waals surface area contributed by atoms with Gasteiger partial charge in [0, 0.05) is 25.4 Å². The van der Waals surface area contributed by atoms with Gasteiger partial charge < -0.3 is 15.7 Å². The molecular formula is C8H17ClN2O4S. The Morgan fingerprint density at radius 2 is 2.06 bits per heavy atom. The molecule has 1 amide bonds. The topological polar surface area (TPSA) is 101 Å². The molecule has 2 atom stereocenters. The maximum absolute atomic E-state index is 11.3. The van der Waals surface area contributed by atoms with Gasteiger partial charge in [-0.05, 0) is 12.8 Å². The van der Waals surface area contributed by atoms with Gasteiger partial charge in [0.25, 0.3) is 0 Å². The number of nitrogens with zero attached hydrogens (tertiary/aromatic N) is 1. The second-order valence-electron chi connectivity index (χ2n) is 3.85. The van der Waals surface area contributed by atoms with Crippen molar-refractivity contribution < 1.29 is 18.3 Å². The Kier molecular flexibility index (Phi) is 5.51. The number of piperidine rings is 1. The Morgan fingerprint density at radius 1 is 1.50 bits per heavy atom. The van der Waals surface area contributed by atoms with Crippen LogP contribution in [0.15, 0.2) is 0 Å². The van der Waals surface area contributed by atoms with Crippen molar-refractivity contribution in [3.05, 3.63) is 0 Å². The molecule has 3 N–H and O–H groups in total. The van der Waals surface area contributed by atoms with Gasteiger partial charge in [-0.1, -0.05) is 0 Å². The highest BCUT2D eigenvalue weighted by atomic mass is 35.5. The molecule has 2 unspecified atom stereocenters. The molecule has 0 spiro atoms. The summed E-state index contributed by atoms with van der Waals surface area (Å²) in [6.07, 6.45) is 1.05. The van der Waals surface area contributed by atoms with Gasteiger partial charge in [0.2, 0.25) is 0 Å². The van der Waals surface area contributed by atoms with Gasteiger partial charge in [-0.25, -0.2) is 13.2 Å². The first kappa shape index (κ1) is 15.5. The van der Waals surface area contributed by atoms with E-state index in [1.165, 1.54) is 0 Å². The van der Waals surface area contributed by atoms with Crippen molar-refractivity contribution in [2.45, 2.75) is 24.1 Å². The van der Waals surface area contributed by atoms with E-state index in [-0.39, 0.29) is 31.5 Å². The Hall–Kier alpha value is -0.530. The first-order valence-corrected chi connectivity index (χ1v) is 6.70. The molecule has 96 valence electrons. The van der Waals surface area contributed by atoms with Crippen molar-refractivity contribution in [3.63, 3.8) is 0 Å². The lowest BCUT2D eigenvalue weighted by molar-refractivity contribution is 0.110. The van der Waals surface area contributed by atoms with Crippen LogP contribution in [0.1, 0.15) is 12.8 Å². The SMILES string of the molecule is CS(=O)(=O)C1CCC(CN)N(C(=O)O)C1.Cl. The number of hydrogen-bond acceptors (Lipinski definition) is 4. The third-order valence-corrected chi connectivity index (χ3v) is 4.38. The Labute approximate surface area is 101 Å². The van der Waals surface area contributed by atoms with Crippen LogP contribution in [0.25, 0.3) is 0 Å². The molecule has 0 aliphatic carbocycles. The van der Waals surface area contributed by atoms with Crippen LogP contribution in [0, 0.1) is 0 Å². The predicted octanol–water partition coefficient (Wildman–Crippen LogP) is -0.0775. The highest BCUT2D eigenvalue weighted by Crippen LogP contribution is 2.21. The van der Waals surface area contributed by atoms with E-state index in [0.29, 0.717) is 12.8 Å². The molecule has 1 aliphatic heterocycles. The first-order chi connectivity index (χ1) is 6.86. The second-order valence-corrected chi connectivity index (χ2v) is 6.18. The lowest BCUT2D eigenvalue weighted by Gasteiger charge is -2.36. The number of amides is 1. The van der Waals surface area contributed by atoms with Crippen LogP contribution in [-0.2, 0) is 9.84 Å². The van der Waals surface area contributed by atoms with Crippen LogP contribution in [0.4, 0.5) is 4.79 Å². The Balaban J connectivity index is 0.00000225. The van der Waals surface area contributed by atoms with Crippen LogP contribution in [-0.4, -0.2) is 55.2 Å². The summed E-state index contributed by atoms with van der Waals surface area (Å²) in [5, 5.41) is 8.31. The summed E-state index contributed by atoms with van der Waals surface area (Å²) in [5.74, 6) is 0. The van der Waals surface area contributed by atoms with Gasteiger partial charge in [0.15, 0.2) is 9.84 Å². The van der Waals surface area contributed by atoms with E-state index < -0.39 is 21.2 Å². The fourth-order valence-electron chi connectivity index (χ4n) is 1.82. The molecule has 0 radical (unpaired) electrons. The monoisotopic (exact) mass is 272 g/mol. The van der Waals surface area contributed by atoms with Gasteiger partial charge in [0.05, 0.1) is 5.25 Å². The van der Waals surface area contributed by atoms with Gasteiger partial charge >= 0.3 is 6.09 Å². The average Bonchev–Trinajstić information content (AvgIpc) is 2.15. The summed E-state index contributed by atoms with van der Waals surface area (Å²) in [5.41, 5.74) is 5.43. The van der Waals surface area contributed by atoms with Crippen molar-refractivity contribution >= 4 is 28.3 Å². The van der Waals surface area contributed by atoms with E-state index in [9.17, 15) is 13.2 Å². The third-order valence-electron chi connectivity index (χ3n) is 2.79. The summed E-state index contributed by atoms with van der Waals surface area (Å²) in [6, 6.07) is -0.250. The van der Waals surface area contributed by atoms with Crippen LogP contribution in [0.2, 0.25) is 0 Å². The highest BCUT2D eigenvalue weighted by Gasteiger charge is 2.35. The van der Waals surface area contributed by atoms with Gasteiger partial charge in [-0.2, -0.15) is 0 Å². The van der Waals surface area contributed by atoms with Crippen molar-refractivity contribution in [2.75, 3.05) is 19.3 Å². The maximum Gasteiger partial charge on any atom is 0.407 e. The molecule has 6 nitrogen and oxygen atoms in total. The van der Waals surface area contributed by atoms with Crippen molar-refractivity contribution in [1.29, 1.82) is 0 Å². The lowest BCUT2D eigenvalue weighted by Crippen LogP contribution is -2.52. The molecule has 1 rings (SSSR count). The first-order valence-electron chi connectivity index (χ1n) is 4.74. The van der Waals surface area contributed by atoms with Crippen molar-refractivity contribution in [1.82, 2.24) is 4.90 Å². The zero-order valence-electron chi connectivity index (χ0n) is 9.00. The summed E-state index contributed by atoms with van der Waals surface area (Å²) in [6.45, 7) is 0.277. The number of carboxylic acid groups (broad SMARTS) is 1. The minimum absolute atomic E-state index is 0. The number of hydrogen-bond donors (Lipinski definition) is 2. The van der Waals surface area contributed by atoms with E-state index >= 15 is 0 Å². The van der Waals surface area contributed by atoms with Crippen LogP contribution in [0.5, 0.6) is 0 Å². The molecule has 0 aromatic carbocycles. The number of carbonyl (C=O) groups is 1. The summed E-state index contributed by atoms with van der Waals surface area (Å²) in [4.78, 5) is 12.0. The van der Waals surface area contributed by atoms with Crippen molar-refractivity contribution in [3.8, 4) is 0 Å². The smallest absolute Gasteiger partial charge is 0.407 e. The fraction of sp³-hybridized carbons (Fsp3) is 0.875. The molecule has 0 bridgehead atoms. The quantitative estimate of drug-likeness (QED) is 0.732. The molecule has 1 heterocycles. The zero-order chi connectivity index (χ0) is 11.6. The van der Waals surface area contributed by atoms with E-state index in [2.05, 4.69) is 0 Å². The average molecular weight is 273 g/mol. The second kappa shape index (κ2) is 5.70. The molecule has 0 aromatic rings. The van der Waals surface area contributed by atoms with Crippen LogP contribution >= 0.6 is 12.4 Å². The standard InChI is InChI=1S/C8H16N2O4S.ClH/c1-15(13,14)7-3-2-6(4-9)10(5-7)8(11)12;/h6-7H,2-5,9H2,1H3,(H,11,12);1H. The van der Waals surface area contributed by atoms with E-state index in [4.69, 9.17) is 10.8 Å². The Morgan fingerprint density at radius 3 is 2.44 bits per heavy atom. The van der Waals surface area contributed by atoms with Gasteiger partial charge in [0.1, 0.15) is 0 Å². The van der Waals surface area contributed by atoms with E-state index in [1.807, 2.05) is 0 Å². The highest BCUT2D eigenvalue weighted by molar-refractivity contribution is 7.91. The van der Waals surface area contributed by atoms with Gasteiger partial charge in [-0.3, -0.25) is 0 Å². The van der Waals surface area contributed by atoms with E-state index in [1.54, 1.807) is 0 Å². The zero-order valence-corrected chi connectivity index (χ0v) is 10.6. The predicted molar refractivity (Wildman–Crippen MR) is 62.7 cm³/mol. The fourth-order valence-corrected chi connectivity index (χ4v) is 2.82. The number of sulfone groups is 1. The molecule has 1 fully saturated rings. The minimum Gasteiger partial charge on any atom is -0.465 e. The Bertz CT molecular complexity index is 346. The van der Waals surface area contributed by atoms with Crippen molar-refractivity contribution in [2.24, 2.45) is 5.73 Å². The summed E-state index contributed by atoms with van der Waals surface area (Å²) < 4.78 is 22.6. The van der Waals surface area contributed by atoms with E-state index in [0.717, 1.165) is 11.2 Å². The maximum atomic E-state index is 11.3. The number of likely N-dealkylation sites (tertiary alicyclic amines) is 1. The number of nitrogens with two attached hydrogens (primary N) is 1. The molecule has 0 saturated carbocycles. The van der Waals surface area contributed by atoms with Crippen LogP contribution < -0.4 is 5.73 Å². The molecule has 1 aliphatic rings. The number of halogens is 1. The third kappa shape index (κ3) is 3.50. The lowest BCUT2D eigenvalue weighted by atomic mass is 10.0. The molecule has 8 heteroatoms. The summed E-state index contributed by atoms with van der Waals surface area (Å²) in [7, 11) is -3.17.